The molecule has 0 saturated heterocycles. The Morgan fingerprint density at radius 2 is 1.50 bits per heavy atom. The Hall–Kier alpha value is -3.76. The summed E-state index contributed by atoms with van der Waals surface area (Å²) in [7, 11) is -1.41. The number of nitrogens with one attached hydrogen (secondary N) is 1. The second-order valence-corrected chi connectivity index (χ2v) is 13.1. The van der Waals surface area contributed by atoms with Crippen LogP contribution in [0.3, 0.4) is 0 Å². The predicted octanol–water partition coefficient (Wildman–Crippen LogP) is 5.89. The van der Waals surface area contributed by atoms with Crippen molar-refractivity contribution in [3.8, 4) is 11.5 Å². The zero-order chi connectivity index (χ0) is 32.6. The maximum atomic E-state index is 14.3. The summed E-state index contributed by atoms with van der Waals surface area (Å²) in [6, 6.07) is 15.7. The number of halogens is 1. The summed E-state index contributed by atoms with van der Waals surface area (Å²) < 4.78 is 40.3. The molecule has 0 fully saturated rings. The molecule has 0 aliphatic rings. The molecule has 0 unspecified atom stereocenters. The molecule has 0 bridgehead atoms. The van der Waals surface area contributed by atoms with Crippen LogP contribution in [0.2, 0.25) is 5.02 Å². The van der Waals surface area contributed by atoms with Gasteiger partial charge in [-0.25, -0.2) is 8.42 Å². The van der Waals surface area contributed by atoms with Crippen molar-refractivity contribution in [3.63, 3.8) is 0 Å². The van der Waals surface area contributed by atoms with Crippen molar-refractivity contribution < 1.29 is 27.5 Å². The SMILES string of the molecule is CC[C@H](C)NC(=O)[C@H](CC)N(Cc1ccc(Cl)cc1)C(=O)CN(c1cc(C)cc(C)c1)S(=O)(=O)c1ccc(OC)c(OC)c1. The molecule has 11 heteroatoms. The normalized spacial score (nSPS) is 12.6. The van der Waals surface area contributed by atoms with E-state index in [1.165, 1.54) is 37.3 Å². The van der Waals surface area contributed by atoms with Crippen molar-refractivity contribution in [3.05, 3.63) is 82.4 Å². The summed E-state index contributed by atoms with van der Waals surface area (Å²) in [5, 5.41) is 3.52. The molecule has 0 spiro atoms. The van der Waals surface area contributed by atoms with Gasteiger partial charge in [0.2, 0.25) is 11.8 Å². The molecule has 3 aromatic rings. The zero-order valence-corrected chi connectivity index (χ0v) is 28.0. The third-order valence-corrected chi connectivity index (χ3v) is 9.39. The minimum absolute atomic E-state index is 0.0760. The highest BCUT2D eigenvalue weighted by molar-refractivity contribution is 7.92. The Kier molecular flexibility index (Phi) is 12.1. The second-order valence-electron chi connectivity index (χ2n) is 10.8. The fourth-order valence-corrected chi connectivity index (χ4v) is 6.41. The Bertz CT molecular complexity index is 1540. The van der Waals surface area contributed by atoms with Gasteiger partial charge in [0.15, 0.2) is 11.5 Å². The molecule has 0 aliphatic heterocycles. The molecule has 0 heterocycles. The highest BCUT2D eigenvalue weighted by Gasteiger charge is 2.34. The lowest BCUT2D eigenvalue weighted by atomic mass is 10.1. The number of aryl methyl sites for hydroxylation is 2. The number of benzene rings is 3. The maximum absolute atomic E-state index is 14.3. The number of amides is 2. The summed E-state index contributed by atoms with van der Waals surface area (Å²) in [6.07, 6.45) is 1.05. The van der Waals surface area contributed by atoms with Crippen molar-refractivity contribution in [1.29, 1.82) is 0 Å². The average Bonchev–Trinajstić information content (AvgIpc) is 2.99. The number of hydrogen-bond acceptors (Lipinski definition) is 6. The van der Waals surface area contributed by atoms with Crippen LogP contribution in [0.1, 0.15) is 50.3 Å². The van der Waals surface area contributed by atoms with Crippen LogP contribution in [0, 0.1) is 13.8 Å². The Morgan fingerprint density at radius 1 is 0.886 bits per heavy atom. The Morgan fingerprint density at radius 3 is 2.05 bits per heavy atom. The van der Waals surface area contributed by atoms with E-state index in [-0.39, 0.29) is 29.1 Å². The lowest BCUT2D eigenvalue weighted by Gasteiger charge is -2.34. The van der Waals surface area contributed by atoms with E-state index in [2.05, 4.69) is 5.32 Å². The van der Waals surface area contributed by atoms with Gasteiger partial charge in [-0.2, -0.15) is 0 Å². The molecule has 0 aliphatic carbocycles. The van der Waals surface area contributed by atoms with E-state index in [0.717, 1.165) is 27.4 Å². The molecule has 238 valence electrons. The summed E-state index contributed by atoms with van der Waals surface area (Å²) in [5.74, 6) is -0.232. The summed E-state index contributed by atoms with van der Waals surface area (Å²) >= 11 is 6.10. The van der Waals surface area contributed by atoms with Crippen LogP contribution >= 0.6 is 11.6 Å². The molecule has 1 N–H and O–H groups in total. The van der Waals surface area contributed by atoms with Crippen LogP contribution < -0.4 is 19.1 Å². The average molecular weight is 644 g/mol. The molecule has 2 amide bonds. The molecule has 3 aromatic carbocycles. The van der Waals surface area contributed by atoms with Gasteiger partial charge in [0.25, 0.3) is 10.0 Å². The third kappa shape index (κ3) is 8.45. The first kappa shape index (κ1) is 34.7. The first-order chi connectivity index (χ1) is 20.8. The molecule has 0 aromatic heterocycles. The van der Waals surface area contributed by atoms with E-state index in [1.807, 2.05) is 40.7 Å². The van der Waals surface area contributed by atoms with Crippen LogP contribution in [0.4, 0.5) is 5.69 Å². The number of anilines is 1. The van der Waals surface area contributed by atoms with Gasteiger partial charge in [-0.3, -0.25) is 13.9 Å². The van der Waals surface area contributed by atoms with Gasteiger partial charge in [-0.05, 0) is 86.7 Å². The number of ether oxygens (including phenoxy) is 2. The fraction of sp³-hybridized carbons (Fsp3) is 0.394. The van der Waals surface area contributed by atoms with E-state index in [9.17, 15) is 18.0 Å². The molecular weight excluding hydrogens is 602 g/mol. The molecule has 44 heavy (non-hydrogen) atoms. The summed E-state index contributed by atoms with van der Waals surface area (Å²) in [4.78, 5) is 29.1. The molecule has 0 saturated carbocycles. The van der Waals surface area contributed by atoms with Crippen LogP contribution in [0.5, 0.6) is 11.5 Å². The minimum Gasteiger partial charge on any atom is -0.493 e. The van der Waals surface area contributed by atoms with Gasteiger partial charge in [-0.15, -0.1) is 0 Å². The minimum atomic E-state index is -4.30. The number of rotatable bonds is 14. The zero-order valence-electron chi connectivity index (χ0n) is 26.4. The number of hydrogen-bond donors (Lipinski definition) is 1. The van der Waals surface area contributed by atoms with Crippen molar-refractivity contribution in [1.82, 2.24) is 10.2 Å². The quantitative estimate of drug-likeness (QED) is 0.235. The fourth-order valence-electron chi connectivity index (χ4n) is 4.87. The maximum Gasteiger partial charge on any atom is 0.264 e. The van der Waals surface area contributed by atoms with Gasteiger partial charge in [0, 0.05) is 23.7 Å². The lowest BCUT2D eigenvalue weighted by molar-refractivity contribution is -0.140. The number of nitrogens with zero attached hydrogens (tertiary/aromatic N) is 2. The number of methoxy groups -OCH3 is 2. The van der Waals surface area contributed by atoms with Crippen molar-refractivity contribution >= 4 is 39.1 Å². The second kappa shape index (κ2) is 15.3. The third-order valence-electron chi connectivity index (χ3n) is 7.37. The lowest BCUT2D eigenvalue weighted by Crippen LogP contribution is -2.53. The molecule has 9 nitrogen and oxygen atoms in total. The van der Waals surface area contributed by atoms with Crippen molar-refractivity contribution in [2.75, 3.05) is 25.1 Å². The highest BCUT2D eigenvalue weighted by Crippen LogP contribution is 2.33. The largest absolute Gasteiger partial charge is 0.493 e. The predicted molar refractivity (Wildman–Crippen MR) is 174 cm³/mol. The van der Waals surface area contributed by atoms with Crippen LogP contribution in [-0.2, 0) is 26.2 Å². The van der Waals surface area contributed by atoms with Gasteiger partial charge >= 0.3 is 0 Å². The summed E-state index contributed by atoms with van der Waals surface area (Å²) in [5.41, 5.74) is 2.74. The Balaban J connectivity index is 2.13. The van der Waals surface area contributed by atoms with Gasteiger partial charge < -0.3 is 19.7 Å². The van der Waals surface area contributed by atoms with E-state index in [1.54, 1.807) is 36.4 Å². The van der Waals surface area contributed by atoms with Gasteiger partial charge in [0.1, 0.15) is 12.6 Å². The highest BCUT2D eigenvalue weighted by atomic mass is 35.5. The van der Waals surface area contributed by atoms with E-state index in [0.29, 0.717) is 22.9 Å². The van der Waals surface area contributed by atoms with E-state index >= 15 is 0 Å². The van der Waals surface area contributed by atoms with Crippen LogP contribution in [0.25, 0.3) is 0 Å². The monoisotopic (exact) mass is 643 g/mol. The number of sulfonamides is 1. The van der Waals surface area contributed by atoms with Crippen molar-refractivity contribution in [2.45, 2.75) is 71.0 Å². The number of carbonyl (C=O) groups excluding carboxylic acids is 2. The smallest absolute Gasteiger partial charge is 0.264 e. The topological polar surface area (TPSA) is 105 Å². The Labute approximate surface area is 266 Å². The standard InChI is InChI=1S/C33H42ClN3O6S/c1-8-24(5)35-33(39)29(9-2)36(20-25-10-12-26(34)13-11-25)32(38)21-37(27-17-22(3)16-23(4)18-27)44(40,41)28-14-15-30(42-6)31(19-28)43-7/h10-19,24,29H,8-9,20-21H2,1-7H3,(H,35,39)/t24-,29-/m0/s1. The van der Waals surface area contributed by atoms with Crippen molar-refractivity contribution in [2.24, 2.45) is 0 Å². The molecule has 3 rings (SSSR count). The van der Waals surface area contributed by atoms with Gasteiger partial charge in [0.05, 0.1) is 24.8 Å². The molecular formula is C33H42ClN3O6S. The first-order valence-electron chi connectivity index (χ1n) is 14.5. The first-order valence-corrected chi connectivity index (χ1v) is 16.3. The molecule has 2 atom stereocenters. The summed E-state index contributed by atoms with van der Waals surface area (Å²) in [6.45, 7) is 8.94. The van der Waals surface area contributed by atoms with Crippen LogP contribution in [0.15, 0.2) is 65.6 Å². The van der Waals surface area contributed by atoms with E-state index in [4.69, 9.17) is 21.1 Å². The van der Waals surface area contributed by atoms with Crippen LogP contribution in [-0.4, -0.2) is 58.0 Å². The van der Waals surface area contributed by atoms with Gasteiger partial charge in [-0.1, -0.05) is 43.6 Å². The number of carbonyl (C=O) groups is 2. The molecule has 0 radical (unpaired) electrons. The van der Waals surface area contributed by atoms with E-state index < -0.39 is 28.5 Å².